The van der Waals surface area contributed by atoms with E-state index < -0.39 is 11.7 Å². The zero-order valence-electron chi connectivity index (χ0n) is 11.7. The average molecular weight is 278 g/mol. The number of phenolic OH excluding ortho intramolecular Hbond substituents is 1. The maximum absolute atomic E-state index is 13.9. The Morgan fingerprint density at radius 3 is 2.85 bits per heavy atom. The van der Waals surface area contributed by atoms with Crippen molar-refractivity contribution >= 4 is 5.91 Å². The van der Waals surface area contributed by atoms with Gasteiger partial charge in [-0.2, -0.15) is 0 Å². The zero-order chi connectivity index (χ0) is 14.5. The van der Waals surface area contributed by atoms with Crippen LogP contribution in [0.15, 0.2) is 18.2 Å². The lowest BCUT2D eigenvalue weighted by Gasteiger charge is -2.35. The van der Waals surface area contributed by atoms with Crippen LogP contribution in [0.25, 0.3) is 0 Å². The Labute approximate surface area is 117 Å². The highest BCUT2D eigenvalue weighted by Gasteiger charge is 2.51. The van der Waals surface area contributed by atoms with Gasteiger partial charge in [0.2, 0.25) is 0 Å². The summed E-state index contributed by atoms with van der Waals surface area (Å²) >= 11 is 0. The summed E-state index contributed by atoms with van der Waals surface area (Å²) in [5.74, 6) is -0.592. The van der Waals surface area contributed by atoms with Gasteiger partial charge >= 0.3 is 0 Å². The Bertz CT molecular complexity index is 539. The summed E-state index contributed by atoms with van der Waals surface area (Å²) in [4.78, 5) is 14.4. The van der Waals surface area contributed by atoms with Crippen LogP contribution in [-0.4, -0.2) is 41.1 Å². The third kappa shape index (κ3) is 1.80. The second-order valence-corrected chi connectivity index (χ2v) is 6.23. The fourth-order valence-electron chi connectivity index (χ4n) is 3.63. The van der Waals surface area contributed by atoms with Crippen molar-refractivity contribution in [2.45, 2.75) is 19.4 Å². The van der Waals surface area contributed by atoms with E-state index in [0.717, 1.165) is 13.1 Å². The third-order valence-corrected chi connectivity index (χ3v) is 4.81. The Kier molecular flexibility index (Phi) is 2.97. The molecular weight excluding hydrogens is 259 g/mol. The van der Waals surface area contributed by atoms with E-state index in [1.807, 2.05) is 13.8 Å². The lowest BCUT2D eigenvalue weighted by atomic mass is 9.84. The maximum Gasteiger partial charge on any atom is 0.261 e. The molecule has 0 radical (unpaired) electrons. The van der Waals surface area contributed by atoms with Crippen molar-refractivity contribution in [3.63, 3.8) is 0 Å². The van der Waals surface area contributed by atoms with Gasteiger partial charge in [0.1, 0.15) is 17.1 Å². The molecule has 1 aromatic rings. The fourth-order valence-corrected chi connectivity index (χ4v) is 3.63. The molecule has 2 unspecified atom stereocenters. The highest BCUT2D eigenvalue weighted by molar-refractivity contribution is 5.97. The number of carbonyl (C=O) groups is 1. The first kappa shape index (κ1) is 13.4. The number of likely N-dealkylation sites (tertiary alicyclic amines) is 1. The molecule has 108 valence electrons. The minimum Gasteiger partial charge on any atom is -0.507 e. The van der Waals surface area contributed by atoms with E-state index in [2.05, 4.69) is 5.32 Å². The van der Waals surface area contributed by atoms with E-state index in [1.54, 1.807) is 4.90 Å². The molecule has 1 aromatic carbocycles. The van der Waals surface area contributed by atoms with Gasteiger partial charge in [-0.05, 0) is 37.8 Å². The maximum atomic E-state index is 13.9. The van der Waals surface area contributed by atoms with Gasteiger partial charge in [-0.25, -0.2) is 4.39 Å². The highest BCUT2D eigenvalue weighted by Crippen LogP contribution is 2.42. The van der Waals surface area contributed by atoms with Crippen molar-refractivity contribution in [3.05, 3.63) is 29.6 Å². The van der Waals surface area contributed by atoms with Crippen LogP contribution in [0.4, 0.5) is 4.39 Å². The second-order valence-electron chi connectivity index (χ2n) is 6.23. The Balaban J connectivity index is 1.96. The summed E-state index contributed by atoms with van der Waals surface area (Å²) in [6.07, 6.45) is 0. The quantitative estimate of drug-likeness (QED) is 0.820. The summed E-state index contributed by atoms with van der Waals surface area (Å²) in [6, 6.07) is 3.95. The van der Waals surface area contributed by atoms with Crippen molar-refractivity contribution in [1.82, 2.24) is 10.2 Å². The molecule has 0 aromatic heterocycles. The predicted molar refractivity (Wildman–Crippen MR) is 73.0 cm³/mol. The number of fused-ring (bicyclic) bond motifs is 1. The van der Waals surface area contributed by atoms with Crippen LogP contribution in [0.5, 0.6) is 5.75 Å². The summed E-state index contributed by atoms with van der Waals surface area (Å²) in [5.41, 5.74) is -0.548. The van der Waals surface area contributed by atoms with Gasteiger partial charge in [0.15, 0.2) is 0 Å². The van der Waals surface area contributed by atoms with Crippen LogP contribution in [0.2, 0.25) is 0 Å². The predicted octanol–water partition coefficient (Wildman–Crippen LogP) is 1.60. The summed E-state index contributed by atoms with van der Waals surface area (Å²) in [7, 11) is 0. The molecule has 2 atom stereocenters. The highest BCUT2D eigenvalue weighted by atomic mass is 19.1. The summed E-state index contributed by atoms with van der Waals surface area (Å²) < 4.78 is 13.9. The second kappa shape index (κ2) is 4.45. The van der Waals surface area contributed by atoms with Crippen molar-refractivity contribution in [2.24, 2.45) is 11.8 Å². The number of phenols is 1. The largest absolute Gasteiger partial charge is 0.507 e. The Hall–Kier alpha value is -1.62. The fraction of sp³-hybridized carbons (Fsp3) is 0.533. The topological polar surface area (TPSA) is 52.6 Å². The molecule has 0 spiro atoms. The molecule has 0 bridgehead atoms. The lowest BCUT2D eigenvalue weighted by molar-refractivity contribution is 0.0595. The van der Waals surface area contributed by atoms with Gasteiger partial charge < -0.3 is 15.3 Å². The van der Waals surface area contributed by atoms with E-state index in [4.69, 9.17) is 0 Å². The van der Waals surface area contributed by atoms with Gasteiger partial charge in [0, 0.05) is 25.2 Å². The van der Waals surface area contributed by atoms with Crippen molar-refractivity contribution in [2.75, 3.05) is 19.6 Å². The minimum absolute atomic E-state index is 0.214. The van der Waals surface area contributed by atoms with Crippen LogP contribution in [0, 0.1) is 17.7 Å². The number of benzene rings is 1. The smallest absolute Gasteiger partial charge is 0.261 e. The van der Waals surface area contributed by atoms with Crippen molar-refractivity contribution in [1.29, 1.82) is 0 Å². The third-order valence-electron chi connectivity index (χ3n) is 4.81. The SMILES string of the molecule is CC1(C)C2CNCC2CN1C(=O)c1c(O)cccc1F. The van der Waals surface area contributed by atoms with E-state index in [-0.39, 0.29) is 16.9 Å². The van der Waals surface area contributed by atoms with Crippen molar-refractivity contribution < 1.29 is 14.3 Å². The Morgan fingerprint density at radius 1 is 1.45 bits per heavy atom. The van der Waals surface area contributed by atoms with Gasteiger partial charge in [0.05, 0.1) is 0 Å². The van der Waals surface area contributed by atoms with Crippen LogP contribution in [0.1, 0.15) is 24.2 Å². The molecule has 2 saturated heterocycles. The van der Waals surface area contributed by atoms with Crippen LogP contribution in [0.3, 0.4) is 0 Å². The number of halogens is 1. The Morgan fingerprint density at radius 2 is 2.20 bits per heavy atom. The standard InChI is InChI=1S/C15H19FN2O2/c1-15(2)10-7-17-6-9(10)8-18(15)14(20)13-11(16)4-3-5-12(13)19/h3-5,9-10,17,19H,6-8H2,1-2H3. The van der Waals surface area contributed by atoms with Gasteiger partial charge in [-0.15, -0.1) is 0 Å². The van der Waals surface area contributed by atoms with Crippen LogP contribution in [-0.2, 0) is 0 Å². The lowest BCUT2D eigenvalue weighted by Crippen LogP contribution is -2.47. The monoisotopic (exact) mass is 278 g/mol. The van der Waals surface area contributed by atoms with Gasteiger partial charge in [0.25, 0.3) is 5.91 Å². The summed E-state index contributed by atoms with van der Waals surface area (Å²) in [6.45, 7) is 6.41. The van der Waals surface area contributed by atoms with E-state index in [1.165, 1.54) is 18.2 Å². The molecule has 5 heteroatoms. The molecule has 2 aliphatic rings. The number of amides is 1. The average Bonchev–Trinajstić information content (AvgIpc) is 2.91. The molecule has 4 nitrogen and oxygen atoms in total. The first-order valence-electron chi connectivity index (χ1n) is 6.93. The number of nitrogens with one attached hydrogen (secondary N) is 1. The molecular formula is C15H19FN2O2. The number of carbonyl (C=O) groups excluding carboxylic acids is 1. The first-order chi connectivity index (χ1) is 9.43. The van der Waals surface area contributed by atoms with E-state index in [0.29, 0.717) is 18.4 Å². The molecule has 3 rings (SSSR count). The minimum atomic E-state index is -0.666. The number of hydrogen-bond donors (Lipinski definition) is 2. The number of hydrogen-bond acceptors (Lipinski definition) is 3. The van der Waals surface area contributed by atoms with Crippen LogP contribution >= 0.6 is 0 Å². The molecule has 2 fully saturated rings. The number of nitrogens with zero attached hydrogens (tertiary/aromatic N) is 1. The molecule has 0 saturated carbocycles. The molecule has 1 amide bonds. The van der Waals surface area contributed by atoms with E-state index >= 15 is 0 Å². The van der Waals surface area contributed by atoms with E-state index in [9.17, 15) is 14.3 Å². The van der Waals surface area contributed by atoms with Gasteiger partial charge in [-0.3, -0.25) is 4.79 Å². The van der Waals surface area contributed by atoms with Crippen molar-refractivity contribution in [3.8, 4) is 5.75 Å². The molecule has 2 heterocycles. The zero-order valence-corrected chi connectivity index (χ0v) is 11.7. The van der Waals surface area contributed by atoms with Crippen LogP contribution < -0.4 is 5.32 Å². The molecule has 0 aliphatic carbocycles. The molecule has 20 heavy (non-hydrogen) atoms. The van der Waals surface area contributed by atoms with Gasteiger partial charge in [-0.1, -0.05) is 6.07 Å². The summed E-state index contributed by atoms with van der Waals surface area (Å²) in [5, 5.41) is 13.1. The normalized spacial score (nSPS) is 27.6. The first-order valence-corrected chi connectivity index (χ1v) is 6.93. The number of aromatic hydroxyl groups is 1. The molecule has 2 aliphatic heterocycles. The molecule has 2 N–H and O–H groups in total. The number of rotatable bonds is 1.